The molecule has 0 aliphatic carbocycles. The molecule has 0 fully saturated rings. The highest BCUT2D eigenvalue weighted by Gasteiger charge is 2.41. The van der Waals surface area contributed by atoms with Gasteiger partial charge in [0.1, 0.15) is 0 Å². The maximum absolute atomic E-state index is 12.3. The van der Waals surface area contributed by atoms with Crippen LogP contribution in [0, 0.1) is 0 Å². The van der Waals surface area contributed by atoms with Crippen molar-refractivity contribution in [3.63, 3.8) is 0 Å². The van der Waals surface area contributed by atoms with Crippen molar-refractivity contribution in [1.29, 1.82) is 0 Å². The first-order valence-corrected chi connectivity index (χ1v) is 7.15. The maximum Gasteiger partial charge on any atom is 0.303 e. The van der Waals surface area contributed by atoms with Crippen LogP contribution >= 0.6 is 0 Å². The molecule has 108 valence electrons. The van der Waals surface area contributed by atoms with Gasteiger partial charge in [-0.1, -0.05) is 32.0 Å². The molecule has 0 spiro atoms. The minimum Gasteiger partial charge on any atom is -0.481 e. The number of fused-ring (bicyclic) bond motifs is 1. The molecule has 4 nitrogen and oxygen atoms in total. The number of carboxylic acid groups (broad SMARTS) is 1. The van der Waals surface area contributed by atoms with Crippen LogP contribution in [0.15, 0.2) is 24.3 Å². The lowest BCUT2D eigenvalue weighted by molar-refractivity contribution is -0.138. The van der Waals surface area contributed by atoms with E-state index >= 15 is 0 Å². The summed E-state index contributed by atoms with van der Waals surface area (Å²) in [5.41, 5.74) is 2.18. The summed E-state index contributed by atoms with van der Waals surface area (Å²) in [6.07, 6.45) is 1.91. The second kappa shape index (κ2) is 5.65. The van der Waals surface area contributed by atoms with Gasteiger partial charge in [-0.3, -0.25) is 9.59 Å². The number of benzene rings is 1. The lowest BCUT2D eigenvalue weighted by Crippen LogP contribution is -2.36. The third-order valence-corrected chi connectivity index (χ3v) is 4.43. The van der Waals surface area contributed by atoms with Crippen molar-refractivity contribution in [3.05, 3.63) is 29.8 Å². The zero-order valence-corrected chi connectivity index (χ0v) is 12.1. The van der Waals surface area contributed by atoms with Gasteiger partial charge in [0.15, 0.2) is 0 Å². The van der Waals surface area contributed by atoms with Crippen molar-refractivity contribution in [2.75, 3.05) is 11.4 Å². The van der Waals surface area contributed by atoms with E-state index in [-0.39, 0.29) is 24.2 Å². The molecule has 1 aliphatic rings. The Labute approximate surface area is 119 Å². The first-order chi connectivity index (χ1) is 9.54. The normalized spacial score (nSPS) is 16.0. The standard InChI is InChI=1S/C16H21NO3/c1-3-16(4-2)11-17(14(18)9-10-15(19)20)13-8-6-5-7-12(13)16/h5-8H,3-4,9-11H2,1-2H3,(H,19,20). The monoisotopic (exact) mass is 275 g/mol. The zero-order chi connectivity index (χ0) is 14.8. The van der Waals surface area contributed by atoms with Gasteiger partial charge in [0, 0.05) is 24.1 Å². The Hall–Kier alpha value is -1.84. The Kier molecular flexibility index (Phi) is 4.12. The summed E-state index contributed by atoms with van der Waals surface area (Å²) in [4.78, 5) is 24.7. The summed E-state index contributed by atoms with van der Waals surface area (Å²) in [5, 5.41) is 8.72. The van der Waals surface area contributed by atoms with E-state index in [1.807, 2.05) is 18.2 Å². The van der Waals surface area contributed by atoms with Crippen molar-refractivity contribution < 1.29 is 14.7 Å². The minimum atomic E-state index is -0.928. The molecule has 0 radical (unpaired) electrons. The molecule has 1 aromatic rings. The SMILES string of the molecule is CCC1(CC)CN(C(=O)CCC(=O)O)c2ccccc21. The van der Waals surface area contributed by atoms with Gasteiger partial charge in [-0.25, -0.2) is 0 Å². The fraction of sp³-hybridized carbons (Fsp3) is 0.500. The summed E-state index contributed by atoms with van der Waals surface area (Å²) in [5.74, 6) is -1.02. The van der Waals surface area contributed by atoms with Gasteiger partial charge in [0.05, 0.1) is 6.42 Å². The Bertz CT molecular complexity index is 520. The average Bonchev–Trinajstić information content (AvgIpc) is 2.80. The average molecular weight is 275 g/mol. The zero-order valence-electron chi connectivity index (χ0n) is 12.1. The highest BCUT2D eigenvalue weighted by atomic mass is 16.4. The third-order valence-electron chi connectivity index (χ3n) is 4.43. The van der Waals surface area contributed by atoms with Gasteiger partial charge in [0.25, 0.3) is 0 Å². The summed E-state index contributed by atoms with van der Waals surface area (Å²) < 4.78 is 0. The van der Waals surface area contributed by atoms with Crippen LogP contribution < -0.4 is 4.90 Å². The molecule has 20 heavy (non-hydrogen) atoms. The molecular formula is C16H21NO3. The lowest BCUT2D eigenvalue weighted by atomic mass is 9.78. The molecule has 0 saturated carbocycles. The molecule has 4 heteroatoms. The summed E-state index contributed by atoms with van der Waals surface area (Å²) in [6.45, 7) is 4.95. The number of amides is 1. The largest absolute Gasteiger partial charge is 0.481 e. The number of nitrogens with zero attached hydrogens (tertiary/aromatic N) is 1. The molecule has 0 unspecified atom stereocenters. The number of carboxylic acids is 1. The molecule has 0 atom stereocenters. The summed E-state index contributed by atoms with van der Waals surface area (Å²) in [6, 6.07) is 7.98. The van der Waals surface area contributed by atoms with Gasteiger partial charge >= 0.3 is 5.97 Å². The Morgan fingerprint density at radius 1 is 1.20 bits per heavy atom. The Morgan fingerprint density at radius 2 is 1.85 bits per heavy atom. The number of para-hydroxylation sites is 1. The number of hydrogen-bond donors (Lipinski definition) is 1. The minimum absolute atomic E-state index is 0.00940. The van der Waals surface area contributed by atoms with Gasteiger partial charge in [-0.05, 0) is 24.5 Å². The second-order valence-corrected chi connectivity index (χ2v) is 5.38. The van der Waals surface area contributed by atoms with E-state index in [1.54, 1.807) is 4.90 Å². The molecule has 1 aromatic carbocycles. The lowest BCUT2D eigenvalue weighted by Gasteiger charge is -2.27. The van der Waals surface area contributed by atoms with Crippen molar-refractivity contribution >= 4 is 17.6 Å². The van der Waals surface area contributed by atoms with E-state index in [0.29, 0.717) is 6.54 Å². The fourth-order valence-electron chi connectivity index (χ4n) is 3.06. The number of carbonyl (C=O) groups excluding carboxylic acids is 1. The first-order valence-electron chi connectivity index (χ1n) is 7.15. The van der Waals surface area contributed by atoms with Gasteiger partial charge < -0.3 is 10.0 Å². The maximum atomic E-state index is 12.3. The molecule has 0 aromatic heterocycles. The van der Waals surface area contributed by atoms with Gasteiger partial charge in [-0.15, -0.1) is 0 Å². The molecule has 1 N–H and O–H groups in total. The first kappa shape index (κ1) is 14.6. The highest BCUT2D eigenvalue weighted by Crippen LogP contribution is 2.45. The molecule has 1 amide bonds. The van der Waals surface area contributed by atoms with Crippen LogP contribution in [0.25, 0.3) is 0 Å². The number of carbonyl (C=O) groups is 2. The summed E-state index contributed by atoms with van der Waals surface area (Å²) >= 11 is 0. The third kappa shape index (κ3) is 2.42. The van der Waals surface area contributed by atoms with E-state index in [1.165, 1.54) is 5.56 Å². The van der Waals surface area contributed by atoms with E-state index < -0.39 is 5.97 Å². The summed E-state index contributed by atoms with van der Waals surface area (Å²) in [7, 11) is 0. The van der Waals surface area contributed by atoms with Crippen LogP contribution in [0.5, 0.6) is 0 Å². The van der Waals surface area contributed by atoms with Crippen LogP contribution in [0.3, 0.4) is 0 Å². The molecule has 0 bridgehead atoms. The number of hydrogen-bond acceptors (Lipinski definition) is 2. The van der Waals surface area contributed by atoms with E-state index in [2.05, 4.69) is 19.9 Å². The van der Waals surface area contributed by atoms with Crippen molar-refractivity contribution in [1.82, 2.24) is 0 Å². The van der Waals surface area contributed by atoms with Crippen molar-refractivity contribution in [2.24, 2.45) is 0 Å². The van der Waals surface area contributed by atoms with Gasteiger partial charge in [-0.2, -0.15) is 0 Å². The molecule has 2 rings (SSSR count). The quantitative estimate of drug-likeness (QED) is 0.898. The molecule has 0 saturated heterocycles. The molecule has 1 heterocycles. The van der Waals surface area contributed by atoms with Gasteiger partial charge in [0.2, 0.25) is 5.91 Å². The van der Waals surface area contributed by atoms with Crippen LogP contribution in [0.4, 0.5) is 5.69 Å². The highest BCUT2D eigenvalue weighted by molar-refractivity contribution is 5.97. The number of anilines is 1. The Morgan fingerprint density at radius 3 is 2.45 bits per heavy atom. The van der Waals surface area contributed by atoms with Crippen molar-refractivity contribution in [3.8, 4) is 0 Å². The van der Waals surface area contributed by atoms with E-state index in [9.17, 15) is 9.59 Å². The van der Waals surface area contributed by atoms with Crippen molar-refractivity contribution in [2.45, 2.75) is 44.9 Å². The Balaban J connectivity index is 2.29. The van der Waals surface area contributed by atoms with E-state index in [4.69, 9.17) is 5.11 Å². The topological polar surface area (TPSA) is 57.6 Å². The van der Waals surface area contributed by atoms with Crippen LogP contribution in [0.1, 0.15) is 45.1 Å². The smallest absolute Gasteiger partial charge is 0.303 e. The van der Waals surface area contributed by atoms with Crippen LogP contribution in [0.2, 0.25) is 0 Å². The number of rotatable bonds is 5. The van der Waals surface area contributed by atoms with Crippen LogP contribution in [-0.4, -0.2) is 23.5 Å². The second-order valence-electron chi connectivity index (χ2n) is 5.38. The fourth-order valence-corrected chi connectivity index (χ4v) is 3.06. The van der Waals surface area contributed by atoms with E-state index in [0.717, 1.165) is 18.5 Å². The molecular weight excluding hydrogens is 254 g/mol. The van der Waals surface area contributed by atoms with Crippen LogP contribution in [-0.2, 0) is 15.0 Å². The number of aliphatic carboxylic acids is 1. The predicted molar refractivity (Wildman–Crippen MR) is 77.9 cm³/mol. The predicted octanol–water partition coefficient (Wildman–Crippen LogP) is 2.96. The molecule has 1 aliphatic heterocycles.